The van der Waals surface area contributed by atoms with Crippen molar-refractivity contribution in [3.63, 3.8) is 0 Å². The quantitative estimate of drug-likeness (QED) is 0.522. The molecule has 9 heteroatoms. The first-order chi connectivity index (χ1) is 13.8. The zero-order chi connectivity index (χ0) is 21.6. The fourth-order valence-corrected chi connectivity index (χ4v) is 3.71. The molecule has 0 fully saturated rings. The molecule has 2 amide bonds. The van der Waals surface area contributed by atoms with Gasteiger partial charge in [0, 0.05) is 14.1 Å². The summed E-state index contributed by atoms with van der Waals surface area (Å²) in [5.41, 5.74) is 0.900. The first kappa shape index (κ1) is 22.1. The van der Waals surface area contributed by atoms with Crippen LogP contribution in [0.25, 0.3) is 0 Å². The molecule has 0 radical (unpaired) electrons. The third kappa shape index (κ3) is 5.20. The number of nitrogens with one attached hydrogen (secondary N) is 1. The van der Waals surface area contributed by atoms with Crippen LogP contribution in [0.5, 0.6) is 5.75 Å². The van der Waals surface area contributed by atoms with Gasteiger partial charge in [-0.15, -0.1) is 11.3 Å². The maximum absolute atomic E-state index is 12.4. The highest BCUT2D eigenvalue weighted by Gasteiger charge is 2.27. The van der Waals surface area contributed by atoms with Gasteiger partial charge in [-0.25, -0.2) is 4.79 Å². The predicted molar refractivity (Wildman–Crippen MR) is 109 cm³/mol. The minimum atomic E-state index is -0.624. The number of hydrogen-bond acceptors (Lipinski definition) is 7. The van der Waals surface area contributed by atoms with Gasteiger partial charge in [0.05, 0.1) is 22.6 Å². The van der Waals surface area contributed by atoms with E-state index in [1.165, 1.54) is 4.90 Å². The number of para-hydroxylation sites is 1. The summed E-state index contributed by atoms with van der Waals surface area (Å²) in [6, 6.07) is 6.51. The molecule has 0 aliphatic carbocycles. The molecule has 0 aliphatic rings. The van der Waals surface area contributed by atoms with Crippen molar-refractivity contribution in [3.05, 3.63) is 45.8 Å². The van der Waals surface area contributed by atoms with E-state index in [0.717, 1.165) is 11.3 Å². The van der Waals surface area contributed by atoms with E-state index < -0.39 is 11.9 Å². The van der Waals surface area contributed by atoms with Crippen molar-refractivity contribution < 1.29 is 28.7 Å². The maximum atomic E-state index is 12.4. The zero-order valence-electron chi connectivity index (χ0n) is 16.6. The minimum absolute atomic E-state index is 0.142. The van der Waals surface area contributed by atoms with Crippen LogP contribution in [0.1, 0.15) is 42.9 Å². The van der Waals surface area contributed by atoms with Crippen molar-refractivity contribution in [2.45, 2.75) is 13.8 Å². The van der Waals surface area contributed by atoms with Crippen LogP contribution in [0.2, 0.25) is 0 Å². The molecule has 1 aromatic heterocycles. The fourth-order valence-electron chi connectivity index (χ4n) is 2.47. The number of anilines is 1. The second-order valence-electron chi connectivity index (χ2n) is 6.17. The highest BCUT2D eigenvalue weighted by molar-refractivity contribution is 7.18. The highest BCUT2D eigenvalue weighted by Crippen LogP contribution is 2.34. The van der Waals surface area contributed by atoms with Crippen LogP contribution >= 0.6 is 11.3 Å². The number of esters is 1. The van der Waals surface area contributed by atoms with E-state index in [-0.39, 0.29) is 35.4 Å². The molecule has 0 bridgehead atoms. The lowest BCUT2D eigenvalue weighted by Gasteiger charge is -2.09. The van der Waals surface area contributed by atoms with Crippen molar-refractivity contribution in [2.24, 2.45) is 0 Å². The third-order valence-electron chi connectivity index (χ3n) is 3.88. The van der Waals surface area contributed by atoms with E-state index in [9.17, 15) is 19.2 Å². The van der Waals surface area contributed by atoms with Gasteiger partial charge < -0.3 is 19.7 Å². The molecule has 0 unspecified atom stereocenters. The van der Waals surface area contributed by atoms with Gasteiger partial charge in [-0.1, -0.05) is 12.1 Å². The largest absolute Gasteiger partial charge is 0.483 e. The molecular weight excluding hydrogens is 396 g/mol. The summed E-state index contributed by atoms with van der Waals surface area (Å²) >= 11 is 0.999. The van der Waals surface area contributed by atoms with Crippen LogP contribution in [-0.4, -0.2) is 56.3 Å². The Labute approximate surface area is 172 Å². The molecule has 0 saturated carbocycles. The van der Waals surface area contributed by atoms with Gasteiger partial charge >= 0.3 is 5.97 Å². The van der Waals surface area contributed by atoms with Gasteiger partial charge in [-0.05, 0) is 31.5 Å². The van der Waals surface area contributed by atoms with Gasteiger partial charge in [-0.3, -0.25) is 14.4 Å². The first-order valence-corrected chi connectivity index (χ1v) is 9.60. The maximum Gasteiger partial charge on any atom is 0.341 e. The Bertz CT molecular complexity index is 935. The lowest BCUT2D eigenvalue weighted by atomic mass is 10.1. The smallest absolute Gasteiger partial charge is 0.341 e. The molecule has 8 nitrogen and oxygen atoms in total. The number of carbonyl (C=O) groups excluding carboxylic acids is 4. The number of rotatable bonds is 8. The van der Waals surface area contributed by atoms with E-state index in [2.05, 4.69) is 5.32 Å². The summed E-state index contributed by atoms with van der Waals surface area (Å²) in [5, 5.41) is 2.82. The summed E-state index contributed by atoms with van der Waals surface area (Å²) in [6.07, 6.45) is 0.633. The van der Waals surface area contributed by atoms with Crippen LogP contribution in [0.3, 0.4) is 0 Å². The van der Waals surface area contributed by atoms with Gasteiger partial charge in [0.1, 0.15) is 10.8 Å². The van der Waals surface area contributed by atoms with Gasteiger partial charge in [-0.2, -0.15) is 0 Å². The van der Waals surface area contributed by atoms with Crippen molar-refractivity contribution in [2.75, 3.05) is 32.6 Å². The lowest BCUT2D eigenvalue weighted by Crippen LogP contribution is -2.21. The summed E-state index contributed by atoms with van der Waals surface area (Å²) in [4.78, 5) is 49.9. The van der Waals surface area contributed by atoms with Crippen LogP contribution in [0.15, 0.2) is 24.3 Å². The second-order valence-corrected chi connectivity index (χ2v) is 7.19. The number of nitrogens with zero attached hydrogens (tertiary/aromatic N) is 1. The van der Waals surface area contributed by atoms with Gasteiger partial charge in [0.25, 0.3) is 11.8 Å². The molecule has 0 aliphatic heterocycles. The van der Waals surface area contributed by atoms with Crippen molar-refractivity contribution in [1.29, 1.82) is 0 Å². The summed E-state index contributed by atoms with van der Waals surface area (Å²) in [7, 11) is 3.20. The molecule has 154 valence electrons. The summed E-state index contributed by atoms with van der Waals surface area (Å²) in [6.45, 7) is 3.08. The molecule has 2 rings (SSSR count). The monoisotopic (exact) mass is 418 g/mol. The number of hydrogen-bond donors (Lipinski definition) is 1. The van der Waals surface area contributed by atoms with Crippen LogP contribution in [-0.2, 0) is 9.53 Å². The Balaban J connectivity index is 2.24. The molecular formula is C20H22N2O6S. The van der Waals surface area contributed by atoms with Crippen molar-refractivity contribution >= 4 is 40.4 Å². The second kappa shape index (κ2) is 9.83. The Morgan fingerprint density at radius 1 is 1.21 bits per heavy atom. The third-order valence-corrected chi connectivity index (χ3v) is 5.08. The lowest BCUT2D eigenvalue weighted by molar-refractivity contribution is -0.118. The Hall–Kier alpha value is -3.20. The van der Waals surface area contributed by atoms with Gasteiger partial charge in [0.15, 0.2) is 12.9 Å². The van der Waals surface area contributed by atoms with E-state index >= 15 is 0 Å². The van der Waals surface area contributed by atoms with Crippen LogP contribution in [0.4, 0.5) is 5.00 Å². The van der Waals surface area contributed by atoms with E-state index in [1.54, 1.807) is 52.2 Å². The van der Waals surface area contributed by atoms with E-state index in [1.807, 2.05) is 0 Å². The van der Waals surface area contributed by atoms with Crippen molar-refractivity contribution in [1.82, 2.24) is 4.90 Å². The van der Waals surface area contributed by atoms with Crippen LogP contribution in [0, 0.1) is 6.92 Å². The molecule has 1 heterocycles. The molecule has 0 saturated heterocycles. The number of benzene rings is 1. The Kier molecular flexibility index (Phi) is 7.49. The predicted octanol–water partition coefficient (Wildman–Crippen LogP) is 2.77. The number of carbonyl (C=O) groups is 4. The topological polar surface area (TPSA) is 102 Å². The van der Waals surface area contributed by atoms with Crippen molar-refractivity contribution in [3.8, 4) is 5.75 Å². The first-order valence-electron chi connectivity index (χ1n) is 8.79. The zero-order valence-corrected chi connectivity index (χ0v) is 17.4. The fraction of sp³-hybridized carbons (Fsp3) is 0.300. The number of ether oxygens (including phenoxy) is 2. The standard InChI is InChI=1S/C20H22N2O6S/c1-5-27-20(26)16-12(2)17(19(25)22(3)4)29-18(16)21-15(24)11-28-14-9-7-6-8-13(14)10-23/h6-10H,5,11H2,1-4H3,(H,21,24). The normalized spacial score (nSPS) is 10.2. The molecule has 1 aromatic carbocycles. The Morgan fingerprint density at radius 3 is 2.52 bits per heavy atom. The van der Waals surface area contributed by atoms with Gasteiger partial charge in [0.2, 0.25) is 0 Å². The molecule has 0 atom stereocenters. The SMILES string of the molecule is CCOC(=O)c1c(NC(=O)COc2ccccc2C=O)sc(C(=O)N(C)C)c1C. The number of aldehydes is 1. The van der Waals surface area contributed by atoms with E-state index in [4.69, 9.17) is 9.47 Å². The molecule has 0 spiro atoms. The number of thiophene rings is 1. The highest BCUT2D eigenvalue weighted by atomic mass is 32.1. The average molecular weight is 418 g/mol. The minimum Gasteiger partial charge on any atom is -0.483 e. The van der Waals surface area contributed by atoms with E-state index in [0.29, 0.717) is 22.3 Å². The summed E-state index contributed by atoms with van der Waals surface area (Å²) < 4.78 is 10.5. The molecule has 1 N–H and O–H groups in total. The molecule has 2 aromatic rings. The van der Waals surface area contributed by atoms with Crippen LogP contribution < -0.4 is 10.1 Å². The molecule has 29 heavy (non-hydrogen) atoms. The number of amides is 2. The average Bonchev–Trinajstić information content (AvgIpc) is 3.01. The Morgan fingerprint density at radius 2 is 1.90 bits per heavy atom. The summed E-state index contributed by atoms with van der Waals surface area (Å²) in [5.74, 6) is -1.17.